The lowest BCUT2D eigenvalue weighted by molar-refractivity contribution is 0.0572. The molecule has 1 aromatic carbocycles. The number of carbonyl (C=O) groups excluding carboxylic acids is 1. The average Bonchev–Trinajstić information content (AvgIpc) is 2.35. The Morgan fingerprint density at radius 1 is 1.39 bits per heavy atom. The highest BCUT2D eigenvalue weighted by molar-refractivity contribution is 9.10. The van der Waals surface area contributed by atoms with Crippen molar-refractivity contribution in [2.45, 2.75) is 32.7 Å². The molecule has 1 aliphatic heterocycles. The van der Waals surface area contributed by atoms with E-state index >= 15 is 0 Å². The Balaban J connectivity index is 2.27. The Hall–Kier alpha value is -0.900. The van der Waals surface area contributed by atoms with Gasteiger partial charge < -0.3 is 4.90 Å². The fourth-order valence-electron chi connectivity index (χ4n) is 2.40. The number of benzene rings is 1. The molecule has 1 amide bonds. The maximum atomic E-state index is 13.5. The van der Waals surface area contributed by atoms with Crippen LogP contribution < -0.4 is 0 Å². The van der Waals surface area contributed by atoms with Gasteiger partial charge in [0, 0.05) is 12.6 Å². The lowest BCUT2D eigenvalue weighted by atomic mass is 9.94. The summed E-state index contributed by atoms with van der Waals surface area (Å²) in [5.41, 5.74) is 0.413. The first kappa shape index (κ1) is 13.5. The van der Waals surface area contributed by atoms with Gasteiger partial charge >= 0.3 is 0 Å². The van der Waals surface area contributed by atoms with E-state index in [1.165, 1.54) is 6.07 Å². The number of likely N-dealkylation sites (tertiary alicyclic amines) is 1. The first-order valence-electron chi connectivity index (χ1n) is 6.25. The van der Waals surface area contributed by atoms with E-state index in [-0.39, 0.29) is 16.4 Å². The molecule has 1 heterocycles. The van der Waals surface area contributed by atoms with Gasteiger partial charge in [-0.3, -0.25) is 4.79 Å². The molecule has 1 aliphatic rings. The lowest BCUT2D eigenvalue weighted by Crippen LogP contribution is -2.45. The fraction of sp³-hybridized carbons (Fsp3) is 0.500. The topological polar surface area (TPSA) is 20.3 Å². The summed E-state index contributed by atoms with van der Waals surface area (Å²) in [7, 11) is 0. The van der Waals surface area contributed by atoms with Crippen LogP contribution in [0.3, 0.4) is 0 Å². The van der Waals surface area contributed by atoms with Crippen molar-refractivity contribution in [2.75, 3.05) is 6.54 Å². The number of halogens is 2. The van der Waals surface area contributed by atoms with E-state index in [2.05, 4.69) is 29.8 Å². The van der Waals surface area contributed by atoms with E-state index < -0.39 is 5.82 Å². The molecule has 0 spiro atoms. The Kier molecular flexibility index (Phi) is 4.05. The molecular formula is C14H17BrFNO. The van der Waals surface area contributed by atoms with E-state index in [0.29, 0.717) is 11.5 Å². The number of hydrogen-bond donors (Lipinski definition) is 0. The molecule has 1 saturated heterocycles. The van der Waals surface area contributed by atoms with E-state index in [9.17, 15) is 9.18 Å². The second-order valence-corrected chi connectivity index (χ2v) is 5.88. The zero-order valence-corrected chi connectivity index (χ0v) is 12.2. The Labute approximate surface area is 115 Å². The van der Waals surface area contributed by atoms with Crippen LogP contribution in [0.15, 0.2) is 22.7 Å². The molecule has 0 bridgehead atoms. The third-order valence-corrected chi connectivity index (χ3v) is 4.37. The third-order valence-electron chi connectivity index (χ3n) is 3.56. The molecule has 0 aliphatic carbocycles. The summed E-state index contributed by atoms with van der Waals surface area (Å²) < 4.78 is 13.7. The maximum Gasteiger partial charge on any atom is 0.255 e. The molecule has 0 N–H and O–H groups in total. The van der Waals surface area contributed by atoms with Crippen LogP contribution in [-0.2, 0) is 0 Å². The number of hydrogen-bond acceptors (Lipinski definition) is 1. The predicted molar refractivity (Wildman–Crippen MR) is 73.0 cm³/mol. The third kappa shape index (κ3) is 2.58. The van der Waals surface area contributed by atoms with Crippen LogP contribution in [0.2, 0.25) is 0 Å². The van der Waals surface area contributed by atoms with Crippen molar-refractivity contribution in [3.63, 3.8) is 0 Å². The molecule has 2 nitrogen and oxygen atoms in total. The van der Waals surface area contributed by atoms with E-state index in [1.807, 2.05) is 4.90 Å². The normalized spacial score (nSPS) is 24.1. The minimum absolute atomic E-state index is 0.0829. The molecular weight excluding hydrogens is 297 g/mol. The van der Waals surface area contributed by atoms with Crippen LogP contribution in [0.5, 0.6) is 0 Å². The van der Waals surface area contributed by atoms with Crippen molar-refractivity contribution in [3.8, 4) is 0 Å². The Bertz CT molecular complexity index is 463. The maximum absolute atomic E-state index is 13.5. The number of piperidine rings is 1. The SMILES string of the molecule is CC1CCC(C)N(C(=O)c2cccc(F)c2Br)C1. The molecule has 2 atom stereocenters. The van der Waals surface area contributed by atoms with E-state index in [0.717, 1.165) is 19.4 Å². The van der Waals surface area contributed by atoms with E-state index in [4.69, 9.17) is 0 Å². The van der Waals surface area contributed by atoms with Crippen molar-refractivity contribution >= 4 is 21.8 Å². The minimum Gasteiger partial charge on any atom is -0.336 e. The van der Waals surface area contributed by atoms with Gasteiger partial charge in [-0.25, -0.2) is 4.39 Å². The number of amides is 1. The highest BCUT2D eigenvalue weighted by atomic mass is 79.9. The fourth-order valence-corrected chi connectivity index (χ4v) is 2.83. The molecule has 1 aromatic rings. The van der Waals surface area contributed by atoms with Crippen LogP contribution in [0, 0.1) is 11.7 Å². The van der Waals surface area contributed by atoms with Gasteiger partial charge in [0.2, 0.25) is 0 Å². The average molecular weight is 314 g/mol. The minimum atomic E-state index is -0.390. The number of rotatable bonds is 1. The summed E-state index contributed by atoms with van der Waals surface area (Å²) in [6.45, 7) is 4.95. The second kappa shape index (κ2) is 5.39. The summed E-state index contributed by atoms with van der Waals surface area (Å²) in [6.07, 6.45) is 2.16. The van der Waals surface area contributed by atoms with Gasteiger partial charge in [-0.1, -0.05) is 13.0 Å². The molecule has 0 radical (unpaired) electrons. The highest BCUT2D eigenvalue weighted by Crippen LogP contribution is 2.27. The smallest absolute Gasteiger partial charge is 0.255 e. The van der Waals surface area contributed by atoms with Gasteiger partial charge in [0.15, 0.2) is 0 Å². The summed E-state index contributed by atoms with van der Waals surface area (Å²) >= 11 is 3.16. The predicted octanol–water partition coefficient (Wildman–Crippen LogP) is 3.85. The largest absolute Gasteiger partial charge is 0.336 e. The molecule has 2 unspecified atom stereocenters. The highest BCUT2D eigenvalue weighted by Gasteiger charge is 2.28. The summed E-state index contributed by atoms with van der Waals surface area (Å²) in [5.74, 6) is 0.0384. The number of carbonyl (C=O) groups is 1. The van der Waals surface area contributed by atoms with Crippen molar-refractivity contribution in [1.29, 1.82) is 0 Å². The van der Waals surface area contributed by atoms with Crippen LogP contribution in [-0.4, -0.2) is 23.4 Å². The second-order valence-electron chi connectivity index (χ2n) is 5.09. The summed E-state index contributed by atoms with van der Waals surface area (Å²) in [6, 6.07) is 4.82. The molecule has 4 heteroatoms. The lowest BCUT2D eigenvalue weighted by Gasteiger charge is -2.37. The molecule has 0 aromatic heterocycles. The Morgan fingerprint density at radius 2 is 2.11 bits per heavy atom. The van der Waals surface area contributed by atoms with Crippen LogP contribution in [0.1, 0.15) is 37.0 Å². The monoisotopic (exact) mass is 313 g/mol. The van der Waals surface area contributed by atoms with Crippen molar-refractivity contribution < 1.29 is 9.18 Å². The van der Waals surface area contributed by atoms with Gasteiger partial charge in [0.25, 0.3) is 5.91 Å². The number of nitrogens with zero attached hydrogens (tertiary/aromatic N) is 1. The zero-order valence-electron chi connectivity index (χ0n) is 10.6. The Morgan fingerprint density at radius 3 is 2.83 bits per heavy atom. The van der Waals surface area contributed by atoms with Crippen LogP contribution >= 0.6 is 15.9 Å². The van der Waals surface area contributed by atoms with Crippen molar-refractivity contribution in [3.05, 3.63) is 34.1 Å². The quantitative estimate of drug-likeness (QED) is 0.771. The van der Waals surface area contributed by atoms with Crippen LogP contribution in [0.25, 0.3) is 0 Å². The molecule has 18 heavy (non-hydrogen) atoms. The molecule has 98 valence electrons. The zero-order chi connectivity index (χ0) is 13.3. The molecule has 0 saturated carbocycles. The van der Waals surface area contributed by atoms with Crippen molar-refractivity contribution in [2.24, 2.45) is 5.92 Å². The first-order valence-corrected chi connectivity index (χ1v) is 7.05. The summed E-state index contributed by atoms with van der Waals surface area (Å²) in [5, 5.41) is 0. The first-order chi connectivity index (χ1) is 8.50. The van der Waals surface area contributed by atoms with Gasteiger partial charge in [0.05, 0.1) is 10.0 Å². The molecule has 2 rings (SSSR count). The van der Waals surface area contributed by atoms with Gasteiger partial charge in [-0.2, -0.15) is 0 Å². The van der Waals surface area contributed by atoms with E-state index in [1.54, 1.807) is 12.1 Å². The molecule has 1 fully saturated rings. The van der Waals surface area contributed by atoms with Gasteiger partial charge in [0.1, 0.15) is 5.82 Å². The van der Waals surface area contributed by atoms with Crippen LogP contribution in [0.4, 0.5) is 4.39 Å². The van der Waals surface area contributed by atoms with Gasteiger partial charge in [-0.05, 0) is 53.7 Å². The van der Waals surface area contributed by atoms with Crippen molar-refractivity contribution in [1.82, 2.24) is 4.90 Å². The standard InChI is InChI=1S/C14H17BrFNO/c1-9-6-7-10(2)17(8-9)14(18)11-4-3-5-12(16)13(11)15/h3-5,9-10H,6-8H2,1-2H3. The van der Waals surface area contributed by atoms with Gasteiger partial charge in [-0.15, -0.1) is 0 Å². The summed E-state index contributed by atoms with van der Waals surface area (Å²) in [4.78, 5) is 14.3.